The van der Waals surface area contributed by atoms with E-state index in [-0.39, 0.29) is 0 Å². The van der Waals surface area contributed by atoms with Crippen LogP contribution in [0.15, 0.2) is 24.4 Å². The molecule has 0 saturated carbocycles. The smallest absolute Gasteiger partial charge is 0.163 e. The molecule has 2 saturated heterocycles. The quantitative estimate of drug-likeness (QED) is 0.718. The Balaban J connectivity index is 1.30. The zero-order chi connectivity index (χ0) is 18.0. The molecule has 0 aliphatic carbocycles. The molecule has 1 aromatic heterocycles. The van der Waals surface area contributed by atoms with Crippen LogP contribution < -0.4 is 9.47 Å². The molecule has 140 valence electrons. The highest BCUT2D eigenvalue weighted by Crippen LogP contribution is 2.38. The van der Waals surface area contributed by atoms with Crippen LogP contribution >= 0.6 is 11.6 Å². The molecule has 1 spiro atoms. The Morgan fingerprint density at radius 2 is 2.04 bits per heavy atom. The van der Waals surface area contributed by atoms with Crippen molar-refractivity contribution in [3.8, 4) is 11.5 Å². The van der Waals surface area contributed by atoms with Crippen molar-refractivity contribution >= 4 is 22.5 Å². The summed E-state index contributed by atoms with van der Waals surface area (Å²) in [6.07, 6.45) is 5.22. The molecule has 2 fully saturated rings. The Morgan fingerprint density at radius 1 is 1.23 bits per heavy atom. The predicted molar refractivity (Wildman–Crippen MR) is 102 cm³/mol. The highest BCUT2D eigenvalue weighted by Gasteiger charge is 2.40. The second kappa shape index (κ2) is 7.59. The van der Waals surface area contributed by atoms with Crippen LogP contribution in [-0.2, 0) is 4.74 Å². The van der Waals surface area contributed by atoms with Gasteiger partial charge in [-0.15, -0.1) is 0 Å². The molecule has 2 aliphatic rings. The molecule has 2 aromatic rings. The van der Waals surface area contributed by atoms with Crippen LogP contribution in [0.4, 0.5) is 0 Å². The number of rotatable bonds is 6. The molecule has 0 N–H and O–H groups in total. The number of nitrogens with zero attached hydrogens (tertiary/aromatic N) is 2. The van der Waals surface area contributed by atoms with Gasteiger partial charge in [0.25, 0.3) is 0 Å². The first-order chi connectivity index (χ1) is 12.7. The van der Waals surface area contributed by atoms with E-state index < -0.39 is 0 Å². The van der Waals surface area contributed by atoms with E-state index in [0.29, 0.717) is 22.8 Å². The Hall–Kier alpha value is -1.56. The van der Waals surface area contributed by atoms with E-state index >= 15 is 0 Å². The van der Waals surface area contributed by atoms with Gasteiger partial charge in [0.15, 0.2) is 11.5 Å². The summed E-state index contributed by atoms with van der Waals surface area (Å²) in [5, 5.41) is 1.54. The van der Waals surface area contributed by atoms with Crippen LogP contribution in [0, 0.1) is 5.41 Å². The number of hydrogen-bond donors (Lipinski definition) is 0. The second-order valence-electron chi connectivity index (χ2n) is 7.35. The van der Waals surface area contributed by atoms with E-state index in [9.17, 15) is 0 Å². The lowest BCUT2D eigenvalue weighted by molar-refractivity contribution is -0.139. The van der Waals surface area contributed by atoms with E-state index in [1.165, 1.54) is 25.9 Å². The standard InChI is InChI=1S/C20H25ClN2O3/c1-24-18-11-15-16(21)3-6-22-17(15)12-19(18)26-10-2-7-23-8-4-20(5-9-23)13-25-14-20/h3,6,11-12H,2,4-5,7-10,13-14H2,1H3. The van der Waals surface area contributed by atoms with Crippen LogP contribution in [0.5, 0.6) is 11.5 Å². The summed E-state index contributed by atoms with van der Waals surface area (Å²) in [4.78, 5) is 6.90. The first kappa shape index (κ1) is 17.8. The van der Waals surface area contributed by atoms with Crippen molar-refractivity contribution < 1.29 is 14.2 Å². The molecular formula is C20H25ClN2O3. The number of pyridine rings is 1. The zero-order valence-electron chi connectivity index (χ0n) is 15.2. The molecule has 3 heterocycles. The van der Waals surface area contributed by atoms with Gasteiger partial charge in [-0.05, 0) is 44.5 Å². The predicted octanol–water partition coefficient (Wildman–Crippen LogP) is 3.78. The summed E-state index contributed by atoms with van der Waals surface area (Å²) >= 11 is 6.24. The fourth-order valence-corrected chi connectivity index (χ4v) is 4.00. The number of fused-ring (bicyclic) bond motifs is 1. The Labute approximate surface area is 159 Å². The van der Waals surface area contributed by atoms with Crippen molar-refractivity contribution in [1.29, 1.82) is 0 Å². The summed E-state index contributed by atoms with van der Waals surface area (Å²) < 4.78 is 16.8. The van der Waals surface area contributed by atoms with E-state index in [1.54, 1.807) is 19.4 Å². The lowest BCUT2D eigenvalue weighted by atomic mass is 9.77. The van der Waals surface area contributed by atoms with Gasteiger partial charge >= 0.3 is 0 Å². The normalized spacial score (nSPS) is 19.5. The molecule has 6 heteroatoms. The molecule has 1 aromatic carbocycles. The van der Waals surface area contributed by atoms with Crippen LogP contribution in [0.3, 0.4) is 0 Å². The molecule has 4 rings (SSSR count). The van der Waals surface area contributed by atoms with Crippen molar-refractivity contribution in [2.45, 2.75) is 19.3 Å². The van der Waals surface area contributed by atoms with Gasteiger partial charge in [0.2, 0.25) is 0 Å². The molecule has 0 radical (unpaired) electrons. The van der Waals surface area contributed by atoms with E-state index in [0.717, 1.165) is 42.8 Å². The number of aromatic nitrogens is 1. The number of methoxy groups -OCH3 is 1. The van der Waals surface area contributed by atoms with Gasteiger partial charge in [-0.1, -0.05) is 11.6 Å². The Kier molecular flexibility index (Phi) is 5.20. The maximum absolute atomic E-state index is 6.24. The number of halogens is 1. The van der Waals surface area contributed by atoms with E-state index in [4.69, 9.17) is 25.8 Å². The summed E-state index contributed by atoms with van der Waals surface area (Å²) in [6, 6.07) is 5.58. The molecule has 5 nitrogen and oxygen atoms in total. The lowest BCUT2D eigenvalue weighted by Gasteiger charge is -2.47. The Bertz CT molecular complexity index is 769. The van der Waals surface area contributed by atoms with Crippen LogP contribution in [0.2, 0.25) is 5.02 Å². The fourth-order valence-electron chi connectivity index (χ4n) is 3.79. The fraction of sp³-hybridized carbons (Fsp3) is 0.550. The summed E-state index contributed by atoms with van der Waals surface area (Å²) in [5.74, 6) is 1.41. The first-order valence-electron chi connectivity index (χ1n) is 9.24. The highest BCUT2D eigenvalue weighted by atomic mass is 35.5. The molecule has 0 bridgehead atoms. The number of piperidine rings is 1. The largest absolute Gasteiger partial charge is 0.493 e. The monoisotopic (exact) mass is 376 g/mol. The van der Waals surface area contributed by atoms with Gasteiger partial charge in [0, 0.05) is 29.6 Å². The average Bonchev–Trinajstić information content (AvgIpc) is 2.64. The molecule has 2 aliphatic heterocycles. The average molecular weight is 377 g/mol. The van der Waals surface area contributed by atoms with Crippen molar-refractivity contribution in [2.75, 3.05) is 46.6 Å². The van der Waals surface area contributed by atoms with Crippen molar-refractivity contribution in [3.05, 3.63) is 29.4 Å². The Morgan fingerprint density at radius 3 is 2.73 bits per heavy atom. The third-order valence-corrected chi connectivity index (χ3v) is 5.91. The second-order valence-corrected chi connectivity index (χ2v) is 7.76. The first-order valence-corrected chi connectivity index (χ1v) is 9.62. The van der Waals surface area contributed by atoms with Crippen LogP contribution in [-0.4, -0.2) is 56.4 Å². The minimum atomic E-state index is 0.500. The minimum absolute atomic E-state index is 0.500. The van der Waals surface area contributed by atoms with Crippen LogP contribution in [0.1, 0.15) is 19.3 Å². The van der Waals surface area contributed by atoms with Gasteiger partial charge in [-0.2, -0.15) is 0 Å². The minimum Gasteiger partial charge on any atom is -0.493 e. The molecular weight excluding hydrogens is 352 g/mol. The van der Waals surface area contributed by atoms with E-state index in [2.05, 4.69) is 9.88 Å². The number of ether oxygens (including phenoxy) is 3. The van der Waals surface area contributed by atoms with Crippen LogP contribution in [0.25, 0.3) is 10.9 Å². The topological polar surface area (TPSA) is 43.8 Å². The molecule has 0 unspecified atom stereocenters. The third kappa shape index (κ3) is 3.61. The molecule has 0 atom stereocenters. The van der Waals surface area contributed by atoms with Gasteiger partial charge in [-0.3, -0.25) is 4.98 Å². The zero-order valence-corrected chi connectivity index (χ0v) is 15.9. The van der Waals surface area contributed by atoms with Gasteiger partial charge in [0.1, 0.15) is 0 Å². The number of hydrogen-bond acceptors (Lipinski definition) is 5. The summed E-state index contributed by atoms with van der Waals surface area (Å²) in [6.45, 7) is 5.99. The van der Waals surface area contributed by atoms with Crippen molar-refractivity contribution in [1.82, 2.24) is 9.88 Å². The van der Waals surface area contributed by atoms with Gasteiger partial charge in [0.05, 0.1) is 37.5 Å². The SMILES string of the molecule is COc1cc2c(Cl)ccnc2cc1OCCCN1CCC2(CC1)COC2. The number of likely N-dealkylation sites (tertiary alicyclic amines) is 1. The maximum Gasteiger partial charge on any atom is 0.163 e. The molecule has 0 amide bonds. The van der Waals surface area contributed by atoms with Crippen molar-refractivity contribution in [3.63, 3.8) is 0 Å². The van der Waals surface area contributed by atoms with E-state index in [1.807, 2.05) is 12.1 Å². The highest BCUT2D eigenvalue weighted by molar-refractivity contribution is 6.35. The number of benzene rings is 1. The summed E-state index contributed by atoms with van der Waals surface area (Å²) in [5.41, 5.74) is 1.32. The molecule has 26 heavy (non-hydrogen) atoms. The maximum atomic E-state index is 6.24. The summed E-state index contributed by atoms with van der Waals surface area (Å²) in [7, 11) is 1.64. The van der Waals surface area contributed by atoms with Gasteiger partial charge in [-0.25, -0.2) is 0 Å². The van der Waals surface area contributed by atoms with Crippen molar-refractivity contribution in [2.24, 2.45) is 5.41 Å². The third-order valence-electron chi connectivity index (χ3n) is 5.58. The lowest BCUT2D eigenvalue weighted by Crippen LogP contribution is -2.51. The van der Waals surface area contributed by atoms with Gasteiger partial charge < -0.3 is 19.1 Å².